The van der Waals surface area contributed by atoms with Gasteiger partial charge in [0.15, 0.2) is 9.84 Å². The fourth-order valence-electron chi connectivity index (χ4n) is 4.12. The standard InChI is InChI=1S/C21H22F3N5O3S/c1-12-16(13(2)29-20(25-12)26-19(27-29)21(22,23)24)7-9-18(30)28-10-4-5-14-11-15(33(3,31)32)6-8-17(14)28/h6,8,11H,4-5,7,9-10H2,1-3H3. The van der Waals surface area contributed by atoms with Crippen LogP contribution in [0.3, 0.4) is 0 Å². The third-order valence-electron chi connectivity index (χ3n) is 5.79. The Morgan fingerprint density at radius 3 is 2.58 bits per heavy atom. The molecule has 33 heavy (non-hydrogen) atoms. The van der Waals surface area contributed by atoms with Crippen LogP contribution in [0.2, 0.25) is 0 Å². The minimum atomic E-state index is -4.68. The van der Waals surface area contributed by atoms with Crippen molar-refractivity contribution in [3.63, 3.8) is 0 Å². The maximum absolute atomic E-state index is 13.0. The zero-order valence-corrected chi connectivity index (χ0v) is 19.1. The summed E-state index contributed by atoms with van der Waals surface area (Å²) in [5, 5.41) is 3.53. The first-order chi connectivity index (χ1) is 15.4. The van der Waals surface area contributed by atoms with Gasteiger partial charge in [0.2, 0.25) is 5.91 Å². The van der Waals surface area contributed by atoms with E-state index in [1.807, 2.05) is 0 Å². The maximum Gasteiger partial charge on any atom is 0.453 e. The summed E-state index contributed by atoms with van der Waals surface area (Å²) in [5.41, 5.74) is 3.07. The third kappa shape index (κ3) is 4.43. The fraction of sp³-hybridized carbons (Fsp3) is 0.429. The van der Waals surface area contributed by atoms with Crippen molar-refractivity contribution >= 4 is 27.2 Å². The lowest BCUT2D eigenvalue weighted by molar-refractivity contribution is -0.144. The molecule has 0 radical (unpaired) electrons. The molecule has 2 aromatic heterocycles. The Kier molecular flexibility index (Phi) is 5.67. The van der Waals surface area contributed by atoms with E-state index in [-0.39, 0.29) is 29.4 Å². The molecule has 0 spiro atoms. The van der Waals surface area contributed by atoms with Crippen LogP contribution in [0.4, 0.5) is 18.9 Å². The Morgan fingerprint density at radius 2 is 1.91 bits per heavy atom. The van der Waals surface area contributed by atoms with E-state index >= 15 is 0 Å². The number of aromatic nitrogens is 4. The van der Waals surface area contributed by atoms with Gasteiger partial charge in [-0.1, -0.05) is 0 Å². The molecule has 8 nitrogen and oxygen atoms in total. The number of hydrogen-bond donors (Lipinski definition) is 0. The summed E-state index contributed by atoms with van der Waals surface area (Å²) in [7, 11) is -3.35. The van der Waals surface area contributed by atoms with Gasteiger partial charge in [-0.3, -0.25) is 4.79 Å². The van der Waals surface area contributed by atoms with Crippen molar-refractivity contribution in [2.45, 2.75) is 50.6 Å². The van der Waals surface area contributed by atoms with Crippen LogP contribution < -0.4 is 4.90 Å². The predicted molar refractivity (Wildman–Crippen MR) is 114 cm³/mol. The molecule has 0 N–H and O–H groups in total. The number of carbonyl (C=O) groups is 1. The van der Waals surface area contributed by atoms with Gasteiger partial charge >= 0.3 is 6.18 Å². The Morgan fingerprint density at radius 1 is 1.18 bits per heavy atom. The number of sulfone groups is 1. The summed E-state index contributed by atoms with van der Waals surface area (Å²) in [4.78, 5) is 22.5. The summed E-state index contributed by atoms with van der Waals surface area (Å²) in [6, 6.07) is 4.76. The lowest BCUT2D eigenvalue weighted by Crippen LogP contribution is -2.35. The highest BCUT2D eigenvalue weighted by Gasteiger charge is 2.37. The second-order valence-corrected chi connectivity index (χ2v) is 10.1. The number of amides is 1. The first-order valence-electron chi connectivity index (χ1n) is 10.3. The van der Waals surface area contributed by atoms with Gasteiger partial charge in [0.05, 0.1) is 4.90 Å². The van der Waals surface area contributed by atoms with Crippen LogP contribution in [0.25, 0.3) is 5.78 Å². The average Bonchev–Trinajstić information content (AvgIpc) is 3.16. The minimum Gasteiger partial charge on any atom is -0.312 e. The van der Waals surface area contributed by atoms with E-state index in [1.165, 1.54) is 6.07 Å². The van der Waals surface area contributed by atoms with Crippen molar-refractivity contribution in [2.75, 3.05) is 17.7 Å². The first kappa shape index (κ1) is 23.1. The van der Waals surface area contributed by atoms with Gasteiger partial charge in [-0.25, -0.2) is 17.9 Å². The molecule has 0 saturated heterocycles. The summed E-state index contributed by atoms with van der Waals surface area (Å²) in [6.45, 7) is 3.80. The van der Waals surface area contributed by atoms with Gasteiger partial charge in [-0.2, -0.15) is 18.2 Å². The zero-order chi connectivity index (χ0) is 24.1. The van der Waals surface area contributed by atoms with E-state index in [0.717, 1.165) is 16.3 Å². The Hall–Kier alpha value is -3.02. The van der Waals surface area contributed by atoms with Gasteiger partial charge in [0.25, 0.3) is 11.6 Å². The molecule has 0 saturated carbocycles. The normalized spacial score (nSPS) is 14.5. The number of aryl methyl sites for hydroxylation is 3. The second-order valence-electron chi connectivity index (χ2n) is 8.12. The predicted octanol–water partition coefficient (Wildman–Crippen LogP) is 3.08. The second kappa shape index (κ2) is 8.08. The van der Waals surface area contributed by atoms with Crippen LogP contribution in [0.1, 0.15) is 41.2 Å². The number of fused-ring (bicyclic) bond motifs is 2. The molecule has 12 heteroatoms. The highest BCUT2D eigenvalue weighted by Crippen LogP contribution is 2.31. The number of hydrogen-bond acceptors (Lipinski definition) is 6. The van der Waals surface area contributed by atoms with Crippen LogP contribution in [0.15, 0.2) is 23.1 Å². The van der Waals surface area contributed by atoms with E-state index in [4.69, 9.17) is 0 Å². The zero-order valence-electron chi connectivity index (χ0n) is 18.3. The van der Waals surface area contributed by atoms with Crippen LogP contribution >= 0.6 is 0 Å². The molecule has 0 unspecified atom stereocenters. The van der Waals surface area contributed by atoms with E-state index in [1.54, 1.807) is 30.9 Å². The monoisotopic (exact) mass is 481 g/mol. The third-order valence-corrected chi connectivity index (χ3v) is 6.90. The molecule has 0 aliphatic carbocycles. The van der Waals surface area contributed by atoms with Crippen molar-refractivity contribution < 1.29 is 26.4 Å². The summed E-state index contributed by atoms with van der Waals surface area (Å²) >= 11 is 0. The quantitative estimate of drug-likeness (QED) is 0.568. The molecule has 0 atom stereocenters. The van der Waals surface area contributed by atoms with Gasteiger partial charge in [-0.05, 0) is 62.4 Å². The van der Waals surface area contributed by atoms with Crippen LogP contribution in [0.5, 0.6) is 0 Å². The van der Waals surface area contributed by atoms with Gasteiger partial charge in [0, 0.05) is 36.3 Å². The first-order valence-corrected chi connectivity index (χ1v) is 12.2. The molecule has 1 aromatic carbocycles. The van der Waals surface area contributed by atoms with Crippen molar-refractivity contribution in [1.82, 2.24) is 19.6 Å². The smallest absolute Gasteiger partial charge is 0.312 e. The Bertz CT molecular complexity index is 1370. The number of carbonyl (C=O) groups excluding carboxylic acids is 1. The van der Waals surface area contributed by atoms with Crippen LogP contribution in [0, 0.1) is 13.8 Å². The number of alkyl halides is 3. The maximum atomic E-state index is 13.0. The van der Waals surface area contributed by atoms with E-state index < -0.39 is 21.8 Å². The molecule has 0 bridgehead atoms. The molecule has 1 aliphatic rings. The van der Waals surface area contributed by atoms with Crippen molar-refractivity contribution in [3.8, 4) is 0 Å². The highest BCUT2D eigenvalue weighted by atomic mass is 32.2. The molecular formula is C21H22F3N5O3S. The fourth-order valence-corrected chi connectivity index (χ4v) is 4.79. The molecule has 1 aliphatic heterocycles. The number of benzene rings is 1. The molecule has 1 amide bonds. The number of halogens is 3. The minimum absolute atomic E-state index is 0.114. The topological polar surface area (TPSA) is 97.5 Å². The molecular weight excluding hydrogens is 459 g/mol. The number of rotatable bonds is 4. The molecule has 0 fully saturated rings. The lowest BCUT2D eigenvalue weighted by atomic mass is 10.0. The van der Waals surface area contributed by atoms with Gasteiger partial charge in [-0.15, -0.1) is 5.10 Å². The van der Waals surface area contributed by atoms with Gasteiger partial charge < -0.3 is 4.90 Å². The van der Waals surface area contributed by atoms with Crippen molar-refractivity contribution in [1.29, 1.82) is 0 Å². The van der Waals surface area contributed by atoms with E-state index in [9.17, 15) is 26.4 Å². The Labute approximate surface area is 188 Å². The van der Waals surface area contributed by atoms with Crippen molar-refractivity contribution in [3.05, 3.63) is 46.5 Å². The summed E-state index contributed by atoms with van der Waals surface area (Å²) in [5.74, 6) is -1.56. The lowest BCUT2D eigenvalue weighted by Gasteiger charge is -2.30. The summed E-state index contributed by atoms with van der Waals surface area (Å²) < 4.78 is 63.7. The molecule has 3 heterocycles. The molecule has 176 valence electrons. The van der Waals surface area contributed by atoms with E-state index in [0.29, 0.717) is 42.0 Å². The highest BCUT2D eigenvalue weighted by molar-refractivity contribution is 7.90. The van der Waals surface area contributed by atoms with Crippen LogP contribution in [-0.2, 0) is 33.6 Å². The average molecular weight is 482 g/mol. The van der Waals surface area contributed by atoms with Crippen LogP contribution in [-0.4, -0.2) is 46.7 Å². The van der Waals surface area contributed by atoms with E-state index in [2.05, 4.69) is 15.1 Å². The number of nitrogens with zero attached hydrogens (tertiary/aromatic N) is 5. The molecule has 3 aromatic rings. The van der Waals surface area contributed by atoms with Crippen molar-refractivity contribution in [2.24, 2.45) is 0 Å². The Balaban J connectivity index is 1.58. The SMILES string of the molecule is Cc1nc2nc(C(F)(F)F)nn2c(C)c1CCC(=O)N1CCCc2cc(S(C)(=O)=O)ccc21. The molecule has 4 rings (SSSR count). The summed E-state index contributed by atoms with van der Waals surface area (Å²) in [6.07, 6.45) is -1.77. The van der Waals surface area contributed by atoms with Gasteiger partial charge in [0.1, 0.15) is 0 Å². The largest absolute Gasteiger partial charge is 0.453 e. The number of anilines is 1.